The summed E-state index contributed by atoms with van der Waals surface area (Å²) in [5.41, 5.74) is 2.03. The van der Waals surface area contributed by atoms with E-state index in [1.165, 1.54) is 83.8 Å². The molecule has 3 nitrogen and oxygen atoms in total. The fraction of sp³-hybridized carbons (Fsp3) is 0.615. The summed E-state index contributed by atoms with van der Waals surface area (Å²) in [6, 6.07) is 8.69. The molecule has 2 aromatic rings. The minimum atomic E-state index is -0.335. The van der Waals surface area contributed by atoms with Gasteiger partial charge in [-0.3, -0.25) is 0 Å². The number of aromatic nitrogens is 2. The normalized spacial score (nSPS) is 19.0. The van der Waals surface area contributed by atoms with E-state index in [4.69, 9.17) is 4.74 Å². The zero-order chi connectivity index (χ0) is 21.2. The van der Waals surface area contributed by atoms with Crippen LogP contribution in [-0.2, 0) is 6.42 Å². The van der Waals surface area contributed by atoms with Crippen LogP contribution in [0.2, 0.25) is 0 Å². The maximum absolute atomic E-state index is 14.2. The van der Waals surface area contributed by atoms with Gasteiger partial charge in [0.25, 0.3) is 0 Å². The number of ether oxygens (including phenoxy) is 1. The topological polar surface area (TPSA) is 35.0 Å². The van der Waals surface area contributed by atoms with E-state index in [0.717, 1.165) is 24.0 Å². The van der Waals surface area contributed by atoms with Gasteiger partial charge in [0.2, 0.25) is 0 Å². The van der Waals surface area contributed by atoms with Crippen LogP contribution in [0.5, 0.6) is 5.75 Å². The maximum Gasteiger partial charge on any atom is 0.136 e. The third-order valence-electron chi connectivity index (χ3n) is 6.66. The van der Waals surface area contributed by atoms with Gasteiger partial charge in [-0.25, -0.2) is 4.39 Å². The molecule has 164 valence electrons. The molecule has 0 bridgehead atoms. The molecule has 1 aliphatic carbocycles. The van der Waals surface area contributed by atoms with Gasteiger partial charge >= 0.3 is 0 Å². The van der Waals surface area contributed by atoms with E-state index < -0.39 is 0 Å². The lowest BCUT2D eigenvalue weighted by Crippen LogP contribution is -2.15. The first-order valence-electron chi connectivity index (χ1n) is 11.9. The van der Waals surface area contributed by atoms with Crippen molar-refractivity contribution in [1.82, 2.24) is 10.2 Å². The van der Waals surface area contributed by atoms with Gasteiger partial charge in [0.05, 0.1) is 18.5 Å². The molecule has 0 saturated heterocycles. The molecular formula is C26H37FN2O. The molecule has 1 aromatic heterocycles. The standard InChI is InChI=1S/C26H37FN2O/c1-3-4-5-6-7-8-20-9-11-21(12-10-20)13-14-22-15-18-26(29-28-22)24-17-16-23(30-2)19-25(24)27/h15-21H,3-14H2,1-2H3. The molecule has 0 spiro atoms. The number of hydrogen-bond acceptors (Lipinski definition) is 3. The average molecular weight is 413 g/mol. The van der Waals surface area contributed by atoms with Gasteiger partial charge in [-0.2, -0.15) is 10.2 Å². The molecular weight excluding hydrogens is 375 g/mol. The van der Waals surface area contributed by atoms with E-state index in [9.17, 15) is 4.39 Å². The minimum Gasteiger partial charge on any atom is -0.497 e. The molecule has 1 saturated carbocycles. The summed E-state index contributed by atoms with van der Waals surface area (Å²) in [4.78, 5) is 0. The molecule has 1 aromatic carbocycles. The fourth-order valence-corrected chi connectivity index (χ4v) is 4.66. The molecule has 0 N–H and O–H groups in total. The largest absolute Gasteiger partial charge is 0.497 e. The van der Waals surface area contributed by atoms with Crippen molar-refractivity contribution in [1.29, 1.82) is 0 Å². The number of nitrogens with zero attached hydrogens (tertiary/aromatic N) is 2. The Morgan fingerprint density at radius 1 is 0.900 bits per heavy atom. The summed E-state index contributed by atoms with van der Waals surface area (Å²) < 4.78 is 19.3. The number of benzene rings is 1. The summed E-state index contributed by atoms with van der Waals surface area (Å²) in [7, 11) is 1.53. The second-order valence-electron chi connectivity index (χ2n) is 8.88. The van der Waals surface area contributed by atoms with E-state index >= 15 is 0 Å². The van der Waals surface area contributed by atoms with Crippen molar-refractivity contribution in [2.75, 3.05) is 7.11 Å². The highest BCUT2D eigenvalue weighted by Crippen LogP contribution is 2.34. The number of unbranched alkanes of at least 4 members (excludes halogenated alkanes) is 4. The van der Waals surface area contributed by atoms with Gasteiger partial charge in [-0.15, -0.1) is 0 Å². The lowest BCUT2D eigenvalue weighted by atomic mass is 9.78. The van der Waals surface area contributed by atoms with Crippen LogP contribution >= 0.6 is 0 Å². The van der Waals surface area contributed by atoms with Crippen molar-refractivity contribution in [2.24, 2.45) is 11.8 Å². The van der Waals surface area contributed by atoms with Crippen LogP contribution in [0.4, 0.5) is 4.39 Å². The van der Waals surface area contributed by atoms with Crippen molar-refractivity contribution in [3.8, 4) is 17.0 Å². The van der Waals surface area contributed by atoms with Gasteiger partial charge < -0.3 is 4.74 Å². The van der Waals surface area contributed by atoms with Crippen LogP contribution < -0.4 is 4.74 Å². The van der Waals surface area contributed by atoms with Crippen LogP contribution in [0.15, 0.2) is 30.3 Å². The monoisotopic (exact) mass is 412 g/mol. The highest BCUT2D eigenvalue weighted by atomic mass is 19.1. The Morgan fingerprint density at radius 2 is 1.63 bits per heavy atom. The predicted octanol–water partition coefficient (Wildman–Crippen LogP) is 7.39. The Kier molecular flexibility index (Phi) is 9.10. The molecule has 0 unspecified atom stereocenters. The van der Waals surface area contributed by atoms with Crippen LogP contribution in [0.1, 0.15) is 83.2 Å². The van der Waals surface area contributed by atoms with E-state index in [0.29, 0.717) is 17.0 Å². The number of halogens is 1. The van der Waals surface area contributed by atoms with Crippen LogP contribution in [0.3, 0.4) is 0 Å². The lowest BCUT2D eigenvalue weighted by Gasteiger charge is -2.28. The Morgan fingerprint density at radius 3 is 2.27 bits per heavy atom. The van der Waals surface area contributed by atoms with E-state index in [2.05, 4.69) is 17.1 Å². The molecule has 1 heterocycles. The summed E-state index contributed by atoms with van der Waals surface area (Å²) in [6.07, 6.45) is 16.1. The van der Waals surface area contributed by atoms with Crippen LogP contribution in [0.25, 0.3) is 11.3 Å². The number of aryl methyl sites for hydroxylation is 1. The quantitative estimate of drug-likeness (QED) is 0.361. The van der Waals surface area contributed by atoms with Crippen molar-refractivity contribution in [3.05, 3.63) is 41.8 Å². The summed E-state index contributed by atoms with van der Waals surface area (Å²) in [5, 5.41) is 8.62. The maximum atomic E-state index is 14.2. The summed E-state index contributed by atoms with van der Waals surface area (Å²) in [6.45, 7) is 2.28. The Hall–Kier alpha value is -1.97. The average Bonchev–Trinajstić information content (AvgIpc) is 2.79. The highest BCUT2D eigenvalue weighted by Gasteiger charge is 2.21. The summed E-state index contributed by atoms with van der Waals surface area (Å²) in [5.74, 6) is 1.95. The third kappa shape index (κ3) is 6.78. The molecule has 4 heteroatoms. The van der Waals surface area contributed by atoms with Crippen molar-refractivity contribution in [2.45, 2.75) is 84.0 Å². The fourth-order valence-electron chi connectivity index (χ4n) is 4.66. The molecule has 3 rings (SSSR count). The molecule has 30 heavy (non-hydrogen) atoms. The van der Waals surface area contributed by atoms with Gasteiger partial charge in [0, 0.05) is 11.6 Å². The molecule has 0 aliphatic heterocycles. The van der Waals surface area contributed by atoms with Crippen molar-refractivity contribution >= 4 is 0 Å². The van der Waals surface area contributed by atoms with Crippen molar-refractivity contribution < 1.29 is 9.13 Å². The second-order valence-corrected chi connectivity index (χ2v) is 8.88. The molecule has 1 fully saturated rings. The first-order chi connectivity index (χ1) is 14.7. The smallest absolute Gasteiger partial charge is 0.136 e. The Bertz CT molecular complexity index is 754. The number of hydrogen-bond donors (Lipinski definition) is 0. The number of rotatable bonds is 11. The lowest BCUT2D eigenvalue weighted by molar-refractivity contribution is 0.248. The third-order valence-corrected chi connectivity index (χ3v) is 6.66. The second kappa shape index (κ2) is 12.0. The van der Waals surface area contributed by atoms with Crippen LogP contribution in [0, 0.1) is 17.7 Å². The summed E-state index contributed by atoms with van der Waals surface area (Å²) >= 11 is 0. The van der Waals surface area contributed by atoms with Crippen LogP contribution in [-0.4, -0.2) is 17.3 Å². The first-order valence-corrected chi connectivity index (χ1v) is 11.9. The van der Waals surface area contributed by atoms with Gasteiger partial charge in [-0.1, -0.05) is 71.1 Å². The minimum absolute atomic E-state index is 0.335. The Labute approximate surface area is 181 Å². The van der Waals surface area contributed by atoms with E-state index in [1.807, 2.05) is 12.1 Å². The van der Waals surface area contributed by atoms with Crippen molar-refractivity contribution in [3.63, 3.8) is 0 Å². The highest BCUT2D eigenvalue weighted by molar-refractivity contribution is 5.60. The molecule has 0 radical (unpaired) electrons. The number of methoxy groups -OCH3 is 1. The molecule has 0 amide bonds. The van der Waals surface area contributed by atoms with E-state index in [-0.39, 0.29) is 5.82 Å². The SMILES string of the molecule is CCCCCCCC1CCC(CCc2ccc(-c3ccc(OC)cc3F)nn2)CC1. The van der Waals surface area contributed by atoms with E-state index in [1.54, 1.807) is 12.1 Å². The zero-order valence-corrected chi connectivity index (χ0v) is 18.7. The first kappa shape index (κ1) is 22.7. The Balaban J connectivity index is 1.40. The molecule has 0 atom stereocenters. The van der Waals surface area contributed by atoms with Gasteiger partial charge in [-0.05, 0) is 48.9 Å². The van der Waals surface area contributed by atoms with Gasteiger partial charge in [0.1, 0.15) is 11.6 Å². The zero-order valence-electron chi connectivity index (χ0n) is 18.7. The van der Waals surface area contributed by atoms with Gasteiger partial charge in [0.15, 0.2) is 0 Å². The predicted molar refractivity (Wildman–Crippen MR) is 121 cm³/mol. The molecule has 1 aliphatic rings.